The van der Waals surface area contributed by atoms with Crippen molar-refractivity contribution in [3.05, 3.63) is 137 Å². The molecule has 2 aliphatic heterocycles. The molecule has 11 nitrogen and oxygen atoms in total. The van der Waals surface area contributed by atoms with Crippen molar-refractivity contribution < 1.29 is 41.3 Å². The number of alkyl halides is 2. The van der Waals surface area contributed by atoms with E-state index in [-0.39, 0.29) is 11.5 Å². The van der Waals surface area contributed by atoms with Crippen LogP contribution in [0.15, 0.2) is 114 Å². The van der Waals surface area contributed by atoms with Crippen molar-refractivity contribution in [2.24, 2.45) is 11.7 Å². The molecule has 2 aliphatic carbocycles. The molecule has 3 aromatic rings. The van der Waals surface area contributed by atoms with Crippen molar-refractivity contribution in [2.45, 2.75) is 175 Å². The van der Waals surface area contributed by atoms with Crippen LogP contribution in [0.1, 0.15) is 169 Å². The fraction of sp³-hybridized carbons (Fsp3) is 0.508. The third kappa shape index (κ3) is 22.0. The fourth-order valence-corrected chi connectivity index (χ4v) is 12.4. The number of rotatable bonds is 16. The third-order valence-electron chi connectivity index (χ3n) is 13.2. The Morgan fingerprint density at radius 3 is 2.06 bits per heavy atom. The molecule has 3 fully saturated rings. The van der Waals surface area contributed by atoms with Gasteiger partial charge in [0.25, 0.3) is 11.8 Å². The van der Waals surface area contributed by atoms with Crippen molar-refractivity contribution in [3.8, 4) is 5.75 Å². The average molecular weight is 1110 g/mol. The molecule has 5 N–H and O–H groups in total. The Bertz CT molecular complexity index is 2570. The third-order valence-corrected chi connectivity index (χ3v) is 19.1. The zero-order valence-corrected chi connectivity index (χ0v) is 49.6. The van der Waals surface area contributed by atoms with E-state index in [0.29, 0.717) is 38.3 Å². The molecule has 0 aromatic heterocycles. The molecule has 4 amide bonds. The second-order valence-corrected chi connectivity index (χ2v) is 25.5. The lowest BCUT2D eigenvalue weighted by Crippen LogP contribution is -2.56. The number of halogens is 3. The smallest absolute Gasteiger partial charge is 0.322 e. The van der Waals surface area contributed by atoms with Gasteiger partial charge in [-0.05, 0) is 155 Å². The topological polar surface area (TPSA) is 160 Å². The molecule has 0 bridgehead atoms. The van der Waals surface area contributed by atoms with E-state index in [1.807, 2.05) is 64.8 Å². The van der Waals surface area contributed by atoms with E-state index in [2.05, 4.69) is 73.9 Å². The summed E-state index contributed by atoms with van der Waals surface area (Å²) >= 11 is 0. The number of amides is 4. The van der Waals surface area contributed by atoms with Gasteiger partial charge >= 0.3 is 6.03 Å². The van der Waals surface area contributed by atoms with Crippen LogP contribution >= 0.6 is 7.36 Å². The maximum absolute atomic E-state index is 13.7. The van der Waals surface area contributed by atoms with E-state index < -0.39 is 55.7 Å². The molecule has 3 aromatic carbocycles. The Morgan fingerprint density at radius 1 is 0.935 bits per heavy atom. The molecule has 16 heteroatoms. The van der Waals surface area contributed by atoms with Gasteiger partial charge in [-0.1, -0.05) is 125 Å². The van der Waals surface area contributed by atoms with Crippen LogP contribution in [0.3, 0.4) is 0 Å². The van der Waals surface area contributed by atoms with E-state index in [4.69, 9.17) is 9.53 Å². The molecule has 2 heterocycles. The van der Waals surface area contributed by atoms with Gasteiger partial charge in [0.1, 0.15) is 36.2 Å². The number of para-hydroxylation sites is 1. The summed E-state index contributed by atoms with van der Waals surface area (Å²) in [6, 6.07) is 17.9. The van der Waals surface area contributed by atoms with Crippen LogP contribution < -0.4 is 25.8 Å². The van der Waals surface area contributed by atoms with Gasteiger partial charge in [0, 0.05) is 36.2 Å². The molecule has 1 saturated heterocycles. The molecular weight excluding hydrogens is 1020 g/mol. The average Bonchev–Trinajstić information content (AvgIpc) is 4.36. The van der Waals surface area contributed by atoms with Crippen LogP contribution in [-0.2, 0) is 29.6 Å². The predicted molar refractivity (Wildman–Crippen MR) is 315 cm³/mol. The summed E-state index contributed by atoms with van der Waals surface area (Å²) in [6.45, 7) is 23.4. The van der Waals surface area contributed by atoms with Crippen LogP contribution in [0.5, 0.6) is 5.75 Å². The quantitative estimate of drug-likeness (QED) is 0.0631. The Morgan fingerprint density at radius 2 is 1.55 bits per heavy atom. The van der Waals surface area contributed by atoms with E-state index in [1.54, 1.807) is 18.8 Å². The molecule has 5 atom stereocenters. The Balaban J connectivity index is 0.000000443. The number of nitrogens with one attached hydrogen (secondary N) is 3. The van der Waals surface area contributed by atoms with Gasteiger partial charge in [0.2, 0.25) is 5.91 Å². The number of carbonyl (C=O) groups excluding carboxylic acids is 4. The molecular formula is C61H89F3N5O6PS. The van der Waals surface area contributed by atoms with Crippen molar-refractivity contribution in [2.75, 3.05) is 25.6 Å². The lowest BCUT2D eigenvalue weighted by atomic mass is 9.95. The van der Waals surface area contributed by atoms with Crippen molar-refractivity contribution in [3.63, 3.8) is 0 Å². The molecule has 4 aliphatic rings. The van der Waals surface area contributed by atoms with Crippen LogP contribution in [0.4, 0.5) is 23.7 Å². The van der Waals surface area contributed by atoms with Gasteiger partial charge < -0.3 is 30.8 Å². The molecule has 0 spiro atoms. The van der Waals surface area contributed by atoms with Crippen molar-refractivity contribution in [1.29, 1.82) is 0 Å². The number of nitrogens with zero attached hydrogens (tertiary/aromatic N) is 1. The van der Waals surface area contributed by atoms with Gasteiger partial charge in [-0.25, -0.2) is 22.2 Å². The standard InChI is InChI=1S/C29H44FN4O4PS.C15H18O.C12H14F2.C3H6.CH5N.CH2O/c1-5-6-7-8-9-10-12-21(2)25(27(36)33-40(38,39-4)29(3)18-19-29)32-26(35)24-13-11-20-34(24)28(37)31-23-16-14-22(30)15-17-23;1-10(2)9-13-12-7-5-6-8-14(12)16-15(13)11(3)4;1-4-9(2)10-5-7-11(8-6-10)12(3,13)14;1-2-3-1;2*1-2/h10,12,14-17,21,24-25H,5-9,11,13,18-20H2,1-4H3,(H,31,37)(H,32,35)(H,33,36,38);5-9,13H,1-4H3;4-8H,1-3H3;1-3H2;2H2,1H3;1H2/b12-10-;;9-4-;;;. The Kier molecular flexibility index (Phi) is 29.6. The van der Waals surface area contributed by atoms with Crippen molar-refractivity contribution in [1.82, 2.24) is 14.9 Å². The number of hydrogen-bond acceptors (Lipinski definition) is 7. The highest BCUT2D eigenvalue weighted by atomic mass is 32.5. The minimum atomic E-state index is -2.75. The number of unbranched alkanes of at least 4 members (excludes halogenated alkanes) is 4. The minimum Gasteiger partial charge on any atom is -0.460 e. The number of nitrogens with two attached hydrogens (primary N) is 1. The van der Waals surface area contributed by atoms with Crippen molar-refractivity contribution >= 4 is 52.5 Å². The van der Waals surface area contributed by atoms with E-state index >= 15 is 0 Å². The molecule has 2 saturated carbocycles. The number of carbonyl (C=O) groups is 4. The highest BCUT2D eigenvalue weighted by Gasteiger charge is 2.48. The minimum absolute atomic E-state index is 0.0603. The van der Waals surface area contributed by atoms with Crippen LogP contribution in [0, 0.1) is 11.7 Å². The summed E-state index contributed by atoms with van der Waals surface area (Å²) < 4.78 is 60.9. The lowest BCUT2D eigenvalue weighted by Gasteiger charge is -2.29. The van der Waals surface area contributed by atoms with E-state index in [1.165, 1.54) is 90.7 Å². The number of hydrogen-bond donors (Lipinski definition) is 4. The van der Waals surface area contributed by atoms with Gasteiger partial charge in [0.05, 0.1) is 20.0 Å². The summed E-state index contributed by atoms with van der Waals surface area (Å²) in [5, 5.41) is 5.61. The molecule has 7 rings (SSSR count). The summed E-state index contributed by atoms with van der Waals surface area (Å²) in [5.41, 5.74) is 10.9. The Labute approximate surface area is 461 Å². The first-order valence-corrected chi connectivity index (χ1v) is 30.4. The number of allylic oxidation sites excluding steroid dienone is 6. The van der Waals surface area contributed by atoms with Gasteiger partial charge in [-0.2, -0.15) is 0 Å². The number of likely N-dealkylation sites (tertiary alicyclic amines) is 1. The number of urea groups is 1. The SMILES string of the molecule is C/C=C(/C)c1ccc(C(C)(F)F)cc1.C1CC1.C=O.CC(C)=CC1C(=C(C)C)Oc2ccccc21.CCCCCC/C=C\C(C)C(NC(=O)C1CCCN1C(=O)Nc1ccc(F)cc1)C(=O)NS(=O)(=PC)C1(C)CC1.CN. The fourth-order valence-electron chi connectivity index (χ4n) is 8.11. The monoisotopic (exact) mass is 1110 g/mol. The molecule has 5 unspecified atom stereocenters. The summed E-state index contributed by atoms with van der Waals surface area (Å²) in [5.74, 6) is -2.01. The highest BCUT2D eigenvalue weighted by Crippen LogP contribution is 2.46. The Hall–Kier alpha value is -5.50. The number of ether oxygens (including phenoxy) is 1. The molecule has 426 valence electrons. The van der Waals surface area contributed by atoms with Gasteiger partial charge in [-0.15, -0.1) is 0 Å². The van der Waals surface area contributed by atoms with Crippen LogP contribution in [-0.4, -0.2) is 70.8 Å². The molecule has 77 heavy (non-hydrogen) atoms. The van der Waals surface area contributed by atoms with Crippen LogP contribution in [0.25, 0.3) is 5.57 Å². The maximum atomic E-state index is 13.7. The van der Waals surface area contributed by atoms with Gasteiger partial charge in [-0.3, -0.25) is 14.3 Å². The second-order valence-electron chi connectivity index (χ2n) is 20.3. The first-order chi connectivity index (χ1) is 36.6. The first kappa shape index (κ1) is 67.6. The normalized spacial score (nSPS) is 18.1. The molecule has 0 radical (unpaired) electrons. The maximum Gasteiger partial charge on any atom is 0.322 e. The second kappa shape index (κ2) is 33.7. The number of benzene rings is 3. The summed E-state index contributed by atoms with van der Waals surface area (Å²) in [7, 11) is -0.559. The van der Waals surface area contributed by atoms with E-state index in [9.17, 15) is 31.8 Å². The largest absolute Gasteiger partial charge is 0.460 e. The predicted octanol–water partition coefficient (Wildman–Crippen LogP) is 15.0. The lowest BCUT2D eigenvalue weighted by molar-refractivity contribution is -0.130. The zero-order chi connectivity index (χ0) is 57.9. The highest BCUT2D eigenvalue weighted by molar-refractivity contribution is 8.25. The zero-order valence-electron chi connectivity index (χ0n) is 47.9. The first-order valence-electron chi connectivity index (χ1n) is 26.9. The number of anilines is 1. The summed E-state index contributed by atoms with van der Waals surface area (Å²) in [4.78, 5) is 49.5. The summed E-state index contributed by atoms with van der Waals surface area (Å²) in [6.07, 6.45) is 20.8. The van der Waals surface area contributed by atoms with E-state index in [0.717, 1.165) is 68.1 Å². The van der Waals surface area contributed by atoms with Crippen LogP contribution in [0.2, 0.25) is 0 Å². The van der Waals surface area contributed by atoms with Gasteiger partial charge in [0.15, 0.2) is 0 Å². The number of fused-ring (bicyclic) bond motifs is 1.